The van der Waals surface area contributed by atoms with Crippen LogP contribution in [0.1, 0.15) is 34.0 Å². The van der Waals surface area contributed by atoms with Gasteiger partial charge in [-0.2, -0.15) is 0 Å². The molecule has 1 amide bonds. The summed E-state index contributed by atoms with van der Waals surface area (Å²) in [7, 11) is 3.01. The molecule has 2 aromatic rings. The minimum absolute atomic E-state index is 0.0929. The molecule has 182 valence electrons. The first-order valence-corrected chi connectivity index (χ1v) is 10.9. The molecular weight excluding hydrogens is 447 g/mol. The number of halogens is 1. The van der Waals surface area contributed by atoms with Gasteiger partial charge in [-0.15, -0.1) is 0 Å². The summed E-state index contributed by atoms with van der Waals surface area (Å²) in [6, 6.07) is 5.98. The summed E-state index contributed by atoms with van der Waals surface area (Å²) in [6.45, 7) is 3.16. The fourth-order valence-corrected chi connectivity index (χ4v) is 3.72. The van der Waals surface area contributed by atoms with Gasteiger partial charge in [0.05, 0.1) is 32.6 Å². The van der Waals surface area contributed by atoms with Crippen LogP contribution in [0.25, 0.3) is 0 Å². The van der Waals surface area contributed by atoms with Crippen molar-refractivity contribution >= 4 is 11.6 Å². The van der Waals surface area contributed by atoms with Gasteiger partial charge in [-0.25, -0.2) is 14.4 Å². The van der Waals surface area contributed by atoms with Gasteiger partial charge in [-0.05, 0) is 30.7 Å². The second kappa shape index (κ2) is 10.9. The van der Waals surface area contributed by atoms with Crippen LogP contribution in [0.2, 0.25) is 0 Å². The van der Waals surface area contributed by atoms with Crippen LogP contribution in [0.5, 0.6) is 5.75 Å². The number of aromatic nitrogens is 2. The van der Waals surface area contributed by atoms with Gasteiger partial charge in [0.2, 0.25) is 0 Å². The zero-order valence-electron chi connectivity index (χ0n) is 19.2. The molecule has 3 unspecified atom stereocenters. The van der Waals surface area contributed by atoms with Gasteiger partial charge in [-0.1, -0.05) is 11.2 Å². The number of methoxy groups -OCH3 is 2. The molecule has 0 bridgehead atoms. The minimum Gasteiger partial charge on any atom is -0.494 e. The van der Waals surface area contributed by atoms with Crippen LogP contribution in [0.3, 0.4) is 0 Å². The van der Waals surface area contributed by atoms with E-state index in [-0.39, 0.29) is 42.2 Å². The number of hydrogen-bond acceptors (Lipinski definition) is 9. The van der Waals surface area contributed by atoms with E-state index in [1.54, 1.807) is 26.2 Å². The highest BCUT2D eigenvalue weighted by atomic mass is 19.1. The maximum Gasteiger partial charge on any atom is 0.270 e. The Morgan fingerprint density at radius 2 is 2.03 bits per heavy atom. The lowest BCUT2D eigenvalue weighted by Crippen LogP contribution is -2.44. The van der Waals surface area contributed by atoms with Gasteiger partial charge in [0, 0.05) is 20.1 Å². The SMILES string of the molecule is COCC1COC(C2CC(c3cc(C(=O)NCc4ccc(F)c(OC)c4)nc(C)n3)=NO2)CO1. The maximum atomic E-state index is 13.6. The van der Waals surface area contributed by atoms with E-state index in [1.807, 2.05) is 0 Å². The number of aryl methyl sites for hydroxylation is 1. The third kappa shape index (κ3) is 5.66. The van der Waals surface area contributed by atoms with Crippen LogP contribution in [-0.4, -0.2) is 73.9 Å². The number of ether oxygens (including phenoxy) is 4. The smallest absolute Gasteiger partial charge is 0.270 e. The molecule has 0 spiro atoms. The summed E-state index contributed by atoms with van der Waals surface area (Å²) in [4.78, 5) is 27.0. The molecule has 11 heteroatoms. The first kappa shape index (κ1) is 24.0. The molecular formula is C23H27FN4O6. The summed E-state index contributed by atoms with van der Waals surface area (Å²) in [5, 5.41) is 6.95. The fourth-order valence-electron chi connectivity index (χ4n) is 3.72. The molecule has 2 aliphatic rings. The zero-order chi connectivity index (χ0) is 24.1. The number of rotatable bonds is 8. The van der Waals surface area contributed by atoms with Crippen LogP contribution in [0.4, 0.5) is 4.39 Å². The number of oxime groups is 1. The van der Waals surface area contributed by atoms with E-state index < -0.39 is 5.82 Å². The van der Waals surface area contributed by atoms with Gasteiger partial charge in [0.15, 0.2) is 17.7 Å². The van der Waals surface area contributed by atoms with Crippen molar-refractivity contribution in [3.05, 3.63) is 52.9 Å². The Hall–Kier alpha value is -3.15. The van der Waals surface area contributed by atoms with Crippen molar-refractivity contribution in [2.24, 2.45) is 5.16 Å². The quantitative estimate of drug-likeness (QED) is 0.616. The van der Waals surface area contributed by atoms with Crippen LogP contribution in [0, 0.1) is 12.7 Å². The maximum absolute atomic E-state index is 13.6. The van der Waals surface area contributed by atoms with Crippen LogP contribution in [0.15, 0.2) is 29.4 Å². The van der Waals surface area contributed by atoms with E-state index in [9.17, 15) is 9.18 Å². The lowest BCUT2D eigenvalue weighted by Gasteiger charge is -2.31. The predicted molar refractivity (Wildman–Crippen MR) is 118 cm³/mol. The largest absolute Gasteiger partial charge is 0.494 e. The molecule has 3 atom stereocenters. The molecule has 1 aromatic carbocycles. The number of nitrogens with zero attached hydrogens (tertiary/aromatic N) is 3. The molecule has 2 aliphatic heterocycles. The molecule has 34 heavy (non-hydrogen) atoms. The van der Waals surface area contributed by atoms with Crippen molar-refractivity contribution in [3.8, 4) is 5.75 Å². The number of carbonyl (C=O) groups is 1. The summed E-state index contributed by atoms with van der Waals surface area (Å²) >= 11 is 0. The molecule has 0 radical (unpaired) electrons. The lowest BCUT2D eigenvalue weighted by molar-refractivity contribution is -0.181. The topological polar surface area (TPSA) is 113 Å². The van der Waals surface area contributed by atoms with Crippen molar-refractivity contribution in [1.29, 1.82) is 0 Å². The van der Waals surface area contributed by atoms with E-state index >= 15 is 0 Å². The normalized spacial score (nSPS) is 22.1. The predicted octanol–water partition coefficient (Wildman–Crippen LogP) is 1.79. The highest BCUT2D eigenvalue weighted by Crippen LogP contribution is 2.23. The highest BCUT2D eigenvalue weighted by molar-refractivity contribution is 6.02. The average Bonchev–Trinajstić information content (AvgIpc) is 3.34. The summed E-state index contributed by atoms with van der Waals surface area (Å²) < 4.78 is 35.3. The standard InChI is InChI=1S/C23H27FN4O6/c1-13-26-17(18-8-21(34-28-18)22-12-32-15(10-30-2)11-33-22)7-19(27-13)23(29)25-9-14-4-5-16(24)20(6-14)31-3/h4-7,15,21-22H,8-12H2,1-3H3,(H,25,29). The molecule has 3 heterocycles. The van der Waals surface area contributed by atoms with Crippen LogP contribution < -0.4 is 10.1 Å². The molecule has 0 saturated carbocycles. The molecule has 0 aliphatic carbocycles. The Morgan fingerprint density at radius 3 is 2.76 bits per heavy atom. The third-order valence-electron chi connectivity index (χ3n) is 5.49. The number of benzene rings is 1. The number of carbonyl (C=O) groups excluding carboxylic acids is 1. The van der Waals surface area contributed by atoms with Gasteiger partial charge in [0.25, 0.3) is 5.91 Å². The summed E-state index contributed by atoms with van der Waals surface area (Å²) in [5.74, 6) is -0.315. The number of hydrogen-bond donors (Lipinski definition) is 1. The van der Waals surface area contributed by atoms with E-state index in [1.165, 1.54) is 19.2 Å². The third-order valence-corrected chi connectivity index (χ3v) is 5.49. The van der Waals surface area contributed by atoms with Crippen LogP contribution in [-0.2, 0) is 25.6 Å². The van der Waals surface area contributed by atoms with E-state index in [0.29, 0.717) is 49.0 Å². The first-order valence-electron chi connectivity index (χ1n) is 10.9. The van der Waals surface area contributed by atoms with Crippen molar-refractivity contribution < 1.29 is 33.0 Å². The molecule has 4 rings (SSSR count). The second-order valence-corrected chi connectivity index (χ2v) is 8.01. The molecule has 10 nitrogen and oxygen atoms in total. The zero-order valence-corrected chi connectivity index (χ0v) is 19.2. The highest BCUT2D eigenvalue weighted by Gasteiger charge is 2.35. The Bertz CT molecular complexity index is 1060. The van der Waals surface area contributed by atoms with Gasteiger partial charge in [-0.3, -0.25) is 4.79 Å². The monoisotopic (exact) mass is 474 g/mol. The van der Waals surface area contributed by atoms with Gasteiger partial charge in [0.1, 0.15) is 29.4 Å². The molecule has 1 N–H and O–H groups in total. The Labute approximate surface area is 196 Å². The first-order chi connectivity index (χ1) is 16.5. The van der Waals surface area contributed by atoms with Crippen LogP contribution >= 0.6 is 0 Å². The van der Waals surface area contributed by atoms with Crippen molar-refractivity contribution in [1.82, 2.24) is 15.3 Å². The van der Waals surface area contributed by atoms with Crippen molar-refractivity contribution in [2.45, 2.75) is 38.2 Å². The molecule has 1 saturated heterocycles. The van der Waals surface area contributed by atoms with Crippen molar-refractivity contribution in [2.75, 3.05) is 34.0 Å². The number of nitrogens with one attached hydrogen (secondary N) is 1. The van der Waals surface area contributed by atoms with E-state index in [4.69, 9.17) is 23.8 Å². The summed E-state index contributed by atoms with van der Waals surface area (Å²) in [6.07, 6.45) is -0.188. The lowest BCUT2D eigenvalue weighted by atomic mass is 10.0. The summed E-state index contributed by atoms with van der Waals surface area (Å²) in [5.41, 5.74) is 2.01. The van der Waals surface area contributed by atoms with Crippen molar-refractivity contribution in [3.63, 3.8) is 0 Å². The molecule has 1 aromatic heterocycles. The average molecular weight is 474 g/mol. The van der Waals surface area contributed by atoms with E-state index in [0.717, 1.165) is 0 Å². The minimum atomic E-state index is -0.466. The number of amides is 1. The molecule has 1 fully saturated rings. The van der Waals surface area contributed by atoms with Gasteiger partial charge < -0.3 is 29.1 Å². The second-order valence-electron chi connectivity index (χ2n) is 8.01. The Morgan fingerprint density at radius 1 is 1.18 bits per heavy atom. The Kier molecular flexibility index (Phi) is 7.66. The van der Waals surface area contributed by atoms with Gasteiger partial charge >= 0.3 is 0 Å². The van der Waals surface area contributed by atoms with E-state index in [2.05, 4.69) is 20.4 Å². The fraction of sp³-hybridized carbons (Fsp3) is 0.478. The Balaban J connectivity index is 1.37.